The Morgan fingerprint density at radius 1 is 0.312 bits per heavy atom. The van der Waals surface area contributed by atoms with E-state index >= 15 is 0 Å². The molecule has 0 amide bonds. The van der Waals surface area contributed by atoms with Gasteiger partial charge in [-0.25, -0.2) is 0 Å². The van der Waals surface area contributed by atoms with Crippen molar-refractivity contribution >= 4 is 57.3 Å². The number of aryl methyl sites for hydroxylation is 8. The molecule has 0 aromatic heterocycles. The molecule has 302 valence electrons. The zero-order valence-electron chi connectivity index (χ0n) is 37.5. The van der Waals surface area contributed by atoms with Gasteiger partial charge in [-0.1, -0.05) is 186 Å². The van der Waals surface area contributed by atoms with E-state index in [-0.39, 0.29) is 24.6 Å². The van der Waals surface area contributed by atoms with Gasteiger partial charge in [-0.3, -0.25) is 0 Å². The minimum Gasteiger partial charge on any atom is -0.192 e. The standard InChI is InChI=1S/C58H44B2N4/c1-33-13-9-14-34(2)55(33)59(56-35(3)15-10-16-36(56)4)43-21-23-45-47(25-43)49-27-52-50(28-51(49)53(45)41(29-61)30-62)48-26-44(22-24-46(48)54(52)42(31-63)32-64)60(57-37(5)17-11-18-38(57)6)58-39(7)19-12-20-40(58)8/h9-28H,1-8H3. The van der Waals surface area contributed by atoms with E-state index < -0.39 is 0 Å². The maximum Gasteiger partial charge on any atom is 0.242 e. The van der Waals surface area contributed by atoms with Gasteiger partial charge in [0.25, 0.3) is 0 Å². The fraction of sp³-hybridized carbons (Fsp3) is 0.138. The molecule has 2 aliphatic carbocycles. The Labute approximate surface area is 377 Å². The first-order valence-electron chi connectivity index (χ1n) is 21.7. The molecule has 2 aliphatic rings. The van der Waals surface area contributed by atoms with Gasteiger partial charge in [0.1, 0.15) is 35.4 Å². The minimum atomic E-state index is -0.0892. The van der Waals surface area contributed by atoms with Gasteiger partial charge in [0.15, 0.2) is 0 Å². The van der Waals surface area contributed by atoms with Crippen LogP contribution >= 0.6 is 0 Å². The Bertz CT molecular complexity index is 2990. The molecular formula is C58H44B2N4. The Morgan fingerprint density at radius 2 is 0.562 bits per heavy atom. The van der Waals surface area contributed by atoms with E-state index in [1.54, 1.807) is 0 Å². The number of rotatable bonds is 6. The highest BCUT2D eigenvalue weighted by Crippen LogP contribution is 2.53. The second-order valence-corrected chi connectivity index (χ2v) is 17.6. The van der Waals surface area contributed by atoms with E-state index in [0.29, 0.717) is 11.1 Å². The minimum absolute atomic E-state index is 0.0383. The number of nitrogens with zero attached hydrogens (tertiary/aromatic N) is 4. The molecule has 4 nitrogen and oxygen atoms in total. The van der Waals surface area contributed by atoms with Crippen LogP contribution < -0.4 is 32.8 Å². The third-order valence-electron chi connectivity index (χ3n) is 13.8. The second-order valence-electron chi connectivity index (χ2n) is 17.6. The van der Waals surface area contributed by atoms with Crippen LogP contribution in [0.5, 0.6) is 0 Å². The summed E-state index contributed by atoms with van der Waals surface area (Å²) in [6.07, 6.45) is 0. The summed E-state index contributed by atoms with van der Waals surface area (Å²) in [6, 6.07) is 51.9. The van der Waals surface area contributed by atoms with Gasteiger partial charge in [-0.05, 0) is 112 Å². The van der Waals surface area contributed by atoms with Crippen molar-refractivity contribution in [1.29, 1.82) is 21.0 Å². The van der Waals surface area contributed by atoms with E-state index in [9.17, 15) is 21.0 Å². The van der Waals surface area contributed by atoms with Crippen LogP contribution in [0.25, 0.3) is 33.4 Å². The molecule has 0 atom stereocenters. The summed E-state index contributed by atoms with van der Waals surface area (Å²) in [4.78, 5) is 0. The molecule has 0 saturated carbocycles. The first-order chi connectivity index (χ1) is 30.9. The molecule has 7 aromatic rings. The summed E-state index contributed by atoms with van der Waals surface area (Å²) in [5.41, 5.74) is 24.8. The first kappa shape index (κ1) is 41.5. The monoisotopic (exact) mass is 818 g/mol. The van der Waals surface area contributed by atoms with E-state index in [1.165, 1.54) is 66.4 Å². The number of benzene rings is 7. The van der Waals surface area contributed by atoms with Crippen molar-refractivity contribution in [3.8, 4) is 46.5 Å². The van der Waals surface area contributed by atoms with Gasteiger partial charge in [0.05, 0.1) is 0 Å². The number of allylic oxidation sites excluding steroid dienone is 2. The van der Waals surface area contributed by atoms with Crippen LogP contribution in [0.2, 0.25) is 0 Å². The van der Waals surface area contributed by atoms with Crippen molar-refractivity contribution in [1.82, 2.24) is 0 Å². The topological polar surface area (TPSA) is 95.2 Å². The number of nitriles is 4. The third kappa shape index (κ3) is 6.43. The molecule has 0 saturated heterocycles. The lowest BCUT2D eigenvalue weighted by atomic mass is 9.34. The smallest absolute Gasteiger partial charge is 0.192 e. The van der Waals surface area contributed by atoms with Crippen LogP contribution in [-0.4, -0.2) is 13.4 Å². The third-order valence-corrected chi connectivity index (χ3v) is 13.8. The van der Waals surface area contributed by atoms with Crippen LogP contribution in [0.15, 0.2) is 132 Å². The average Bonchev–Trinajstić information content (AvgIpc) is 3.76. The van der Waals surface area contributed by atoms with Crippen molar-refractivity contribution in [3.63, 3.8) is 0 Å². The zero-order valence-corrected chi connectivity index (χ0v) is 37.5. The fourth-order valence-corrected chi connectivity index (χ4v) is 11.0. The van der Waals surface area contributed by atoms with E-state index in [4.69, 9.17) is 0 Å². The molecule has 0 radical (unpaired) electrons. The lowest BCUT2D eigenvalue weighted by molar-refractivity contribution is 1.40. The molecular weight excluding hydrogens is 774 g/mol. The van der Waals surface area contributed by atoms with Gasteiger partial charge >= 0.3 is 0 Å². The lowest BCUT2D eigenvalue weighted by Gasteiger charge is -2.24. The summed E-state index contributed by atoms with van der Waals surface area (Å²) in [5.74, 6) is 0. The molecule has 0 fully saturated rings. The molecule has 0 heterocycles. The van der Waals surface area contributed by atoms with Crippen molar-refractivity contribution in [2.24, 2.45) is 0 Å². The van der Waals surface area contributed by atoms with Crippen molar-refractivity contribution in [2.45, 2.75) is 55.4 Å². The SMILES string of the molecule is Cc1cccc(C)c1B(c1ccc2c(c1)-c1cc3c(cc1C2=C(C#N)C#N)-c1cc(B(c2c(C)cccc2C)c2c(C)cccc2C)ccc1C3=C(C#N)C#N)c1c(C)cccc1C. The lowest BCUT2D eigenvalue weighted by Crippen LogP contribution is -2.55. The van der Waals surface area contributed by atoms with E-state index in [2.05, 4.69) is 201 Å². The predicted molar refractivity (Wildman–Crippen MR) is 265 cm³/mol. The Morgan fingerprint density at radius 3 is 0.812 bits per heavy atom. The maximum atomic E-state index is 10.5. The molecule has 9 rings (SSSR count). The van der Waals surface area contributed by atoms with Gasteiger partial charge in [0, 0.05) is 11.1 Å². The Hall–Kier alpha value is -7.89. The number of hydrogen-bond acceptors (Lipinski definition) is 4. The molecule has 64 heavy (non-hydrogen) atoms. The normalized spacial score (nSPS) is 11.6. The molecule has 7 aromatic carbocycles. The van der Waals surface area contributed by atoms with Gasteiger partial charge in [-0.15, -0.1) is 0 Å². The largest absolute Gasteiger partial charge is 0.242 e. The predicted octanol–water partition coefficient (Wildman–Crippen LogP) is 8.85. The number of fused-ring (bicyclic) bond motifs is 6. The van der Waals surface area contributed by atoms with Gasteiger partial charge in [-0.2, -0.15) is 21.0 Å². The summed E-state index contributed by atoms with van der Waals surface area (Å²) >= 11 is 0. The van der Waals surface area contributed by atoms with Gasteiger partial charge < -0.3 is 0 Å². The number of hydrogen-bond donors (Lipinski definition) is 0. The van der Waals surface area contributed by atoms with Gasteiger partial charge in [0.2, 0.25) is 13.4 Å². The highest BCUT2D eigenvalue weighted by atomic mass is 14.4. The molecule has 0 aliphatic heterocycles. The molecule has 0 spiro atoms. The molecule has 0 bridgehead atoms. The summed E-state index contributed by atoms with van der Waals surface area (Å²) in [6.45, 7) is 17.2. The summed E-state index contributed by atoms with van der Waals surface area (Å²) < 4.78 is 0. The van der Waals surface area contributed by atoms with Crippen LogP contribution in [0.3, 0.4) is 0 Å². The van der Waals surface area contributed by atoms with E-state index in [0.717, 1.165) is 55.4 Å². The van der Waals surface area contributed by atoms with Crippen molar-refractivity contribution in [3.05, 3.63) is 199 Å². The average molecular weight is 819 g/mol. The van der Waals surface area contributed by atoms with Crippen molar-refractivity contribution in [2.75, 3.05) is 0 Å². The maximum absolute atomic E-state index is 10.5. The zero-order chi connectivity index (χ0) is 45.1. The Kier molecular flexibility index (Phi) is 10.4. The Balaban J connectivity index is 1.33. The van der Waals surface area contributed by atoms with E-state index in [1.807, 2.05) is 0 Å². The van der Waals surface area contributed by atoms with Crippen molar-refractivity contribution < 1.29 is 0 Å². The summed E-state index contributed by atoms with van der Waals surface area (Å²) in [7, 11) is 0. The molecule has 0 N–H and O–H groups in total. The molecule has 0 unspecified atom stereocenters. The van der Waals surface area contributed by atoms with Crippen LogP contribution in [0.4, 0.5) is 0 Å². The van der Waals surface area contributed by atoms with Crippen LogP contribution in [0, 0.1) is 101 Å². The van der Waals surface area contributed by atoms with Crippen LogP contribution in [-0.2, 0) is 0 Å². The highest BCUT2D eigenvalue weighted by molar-refractivity contribution is 6.97. The molecule has 6 heteroatoms. The second kappa shape index (κ2) is 16.1. The first-order valence-corrected chi connectivity index (χ1v) is 21.7. The quantitative estimate of drug-likeness (QED) is 0.124. The van der Waals surface area contributed by atoms with Crippen LogP contribution in [0.1, 0.15) is 66.8 Å². The summed E-state index contributed by atoms with van der Waals surface area (Å²) in [5, 5.41) is 42.1. The highest BCUT2D eigenvalue weighted by Gasteiger charge is 2.37. The fourth-order valence-electron chi connectivity index (χ4n) is 11.0.